The molecule has 0 radical (unpaired) electrons. The van der Waals surface area contributed by atoms with Crippen molar-refractivity contribution in [2.24, 2.45) is 11.8 Å². The molecule has 3 aromatic heterocycles. The summed E-state index contributed by atoms with van der Waals surface area (Å²) in [7, 11) is 0. The lowest BCUT2D eigenvalue weighted by molar-refractivity contribution is 0.543. The van der Waals surface area contributed by atoms with Gasteiger partial charge in [0.05, 0.1) is 29.1 Å². The van der Waals surface area contributed by atoms with E-state index in [2.05, 4.69) is 51.9 Å². The Morgan fingerprint density at radius 2 is 2.00 bits per heavy atom. The fraction of sp³-hybridized carbons (Fsp3) is 0.286. The van der Waals surface area contributed by atoms with Crippen LogP contribution in [0.4, 0.5) is 12.0 Å². The quantitative estimate of drug-likeness (QED) is 0.469. The number of rotatable bonds is 6. The fourth-order valence-electron chi connectivity index (χ4n) is 4.41. The van der Waals surface area contributed by atoms with Crippen LogP contribution in [-0.4, -0.2) is 48.7 Å². The van der Waals surface area contributed by atoms with Crippen molar-refractivity contribution >= 4 is 12.0 Å². The number of nitriles is 1. The summed E-state index contributed by atoms with van der Waals surface area (Å²) >= 11 is 0. The van der Waals surface area contributed by atoms with Gasteiger partial charge in [0.2, 0.25) is 5.95 Å². The van der Waals surface area contributed by atoms with Crippen LogP contribution in [0.5, 0.6) is 0 Å². The molecule has 3 atom stereocenters. The summed E-state index contributed by atoms with van der Waals surface area (Å²) in [6, 6.07) is 10.1. The van der Waals surface area contributed by atoms with Gasteiger partial charge < -0.3 is 14.6 Å². The van der Waals surface area contributed by atoms with Gasteiger partial charge in [-0.1, -0.05) is 17.2 Å². The number of H-pyrrole nitrogens is 1. The van der Waals surface area contributed by atoms with E-state index in [1.165, 1.54) is 0 Å². The predicted octanol–water partition coefficient (Wildman–Crippen LogP) is 1.98. The van der Waals surface area contributed by atoms with Gasteiger partial charge in [-0.15, -0.1) is 5.10 Å². The Bertz CT molecular complexity index is 1260. The highest BCUT2D eigenvalue weighted by atomic mass is 16.4. The number of nitrogens with zero attached hydrogens (tertiary/aromatic N) is 8. The van der Waals surface area contributed by atoms with E-state index >= 15 is 0 Å². The van der Waals surface area contributed by atoms with Crippen LogP contribution in [0.3, 0.4) is 0 Å². The highest BCUT2D eigenvalue weighted by molar-refractivity contribution is 5.52. The van der Waals surface area contributed by atoms with Crippen molar-refractivity contribution < 1.29 is 4.42 Å². The molecule has 1 aliphatic heterocycles. The normalized spacial score (nSPS) is 21.2. The molecule has 1 aliphatic carbocycles. The molecule has 2 aliphatic rings. The van der Waals surface area contributed by atoms with Crippen molar-refractivity contribution in [3.05, 3.63) is 59.7 Å². The van der Waals surface area contributed by atoms with E-state index in [1.807, 2.05) is 18.2 Å². The van der Waals surface area contributed by atoms with Crippen LogP contribution in [0.2, 0.25) is 0 Å². The highest BCUT2D eigenvalue weighted by Gasteiger charge is 2.58. The lowest BCUT2D eigenvalue weighted by Gasteiger charge is -2.15. The molecule has 0 bridgehead atoms. The molecule has 1 saturated carbocycles. The number of hydrogen-bond donors (Lipinski definition) is 2. The van der Waals surface area contributed by atoms with Crippen molar-refractivity contribution in [1.82, 2.24) is 35.6 Å². The summed E-state index contributed by atoms with van der Waals surface area (Å²) in [5.74, 6) is 2.45. The monoisotopic (exact) mass is 426 g/mol. The smallest absolute Gasteiger partial charge is 0.318 e. The fourth-order valence-corrected chi connectivity index (χ4v) is 4.41. The maximum absolute atomic E-state index is 9.00. The molecule has 158 valence electrons. The van der Waals surface area contributed by atoms with Gasteiger partial charge in [-0.2, -0.15) is 20.7 Å². The first-order chi connectivity index (χ1) is 15.8. The number of aromatic amines is 1. The zero-order chi connectivity index (χ0) is 21.5. The molecule has 0 spiro atoms. The molecular formula is C21H18N10O. The van der Waals surface area contributed by atoms with E-state index in [0.29, 0.717) is 53.3 Å². The Labute approximate surface area is 182 Å². The van der Waals surface area contributed by atoms with Gasteiger partial charge >= 0.3 is 6.01 Å². The van der Waals surface area contributed by atoms with Gasteiger partial charge in [-0.25, -0.2) is 9.97 Å². The molecule has 11 heteroatoms. The number of benzene rings is 1. The van der Waals surface area contributed by atoms with Gasteiger partial charge in [-0.3, -0.25) is 0 Å². The van der Waals surface area contributed by atoms with Crippen LogP contribution in [0, 0.1) is 23.2 Å². The van der Waals surface area contributed by atoms with Gasteiger partial charge in [0.1, 0.15) is 0 Å². The average molecular weight is 426 g/mol. The number of piperidine rings is 1. The molecule has 1 aromatic carbocycles. The second-order valence-electron chi connectivity index (χ2n) is 8.00. The minimum Gasteiger partial charge on any atom is -0.403 e. The molecule has 4 heterocycles. The molecule has 11 nitrogen and oxygen atoms in total. The standard InChI is InChI=1S/C21H18N10O/c22-5-12-2-1-3-13(4-12)6-23-20-24-7-14(8-25-20)19-28-29-21(32-19)31-10-15-16(11-31)18(15)17-9-26-30-27-17/h1-4,7-9,15-16,18H,6,10-11H2,(H,23,24,25)(H,26,27,30)/t15-,16+,18?. The SMILES string of the molecule is N#Cc1cccc(CNc2ncc(-c3nnc(N4C[C@@H]5C(c6cn[nH]n6)[C@@H]5C4)o3)cn2)c1. The third-order valence-electron chi connectivity index (χ3n) is 6.06. The molecule has 2 N–H and O–H groups in total. The number of fused-ring (bicyclic) bond motifs is 1. The maximum atomic E-state index is 9.00. The van der Waals surface area contributed by atoms with Crippen molar-refractivity contribution in [1.29, 1.82) is 5.26 Å². The van der Waals surface area contributed by atoms with Gasteiger partial charge in [0.15, 0.2) is 0 Å². The predicted molar refractivity (Wildman–Crippen MR) is 112 cm³/mol. The number of hydrogen-bond acceptors (Lipinski definition) is 10. The first kappa shape index (κ1) is 18.4. The van der Waals surface area contributed by atoms with Crippen LogP contribution < -0.4 is 10.2 Å². The molecule has 2 fully saturated rings. The van der Waals surface area contributed by atoms with Gasteiger partial charge in [0, 0.05) is 37.9 Å². The maximum Gasteiger partial charge on any atom is 0.318 e. The van der Waals surface area contributed by atoms with Crippen LogP contribution in [0.25, 0.3) is 11.5 Å². The largest absolute Gasteiger partial charge is 0.403 e. The Hall–Kier alpha value is -4.33. The number of anilines is 2. The van der Waals surface area contributed by atoms with Crippen molar-refractivity contribution in [3.63, 3.8) is 0 Å². The van der Waals surface area contributed by atoms with Gasteiger partial charge in [0.25, 0.3) is 5.89 Å². The first-order valence-electron chi connectivity index (χ1n) is 10.3. The molecule has 1 unspecified atom stereocenters. The summed E-state index contributed by atoms with van der Waals surface area (Å²) in [6.45, 7) is 2.26. The van der Waals surface area contributed by atoms with E-state index in [-0.39, 0.29) is 0 Å². The second kappa shape index (κ2) is 7.42. The van der Waals surface area contributed by atoms with E-state index < -0.39 is 0 Å². The molecule has 6 rings (SSSR count). The number of nitrogens with one attached hydrogen (secondary N) is 2. The third-order valence-corrected chi connectivity index (χ3v) is 6.06. The van der Waals surface area contributed by atoms with Gasteiger partial charge in [-0.05, 0) is 29.5 Å². The molecule has 32 heavy (non-hydrogen) atoms. The zero-order valence-electron chi connectivity index (χ0n) is 16.9. The highest BCUT2D eigenvalue weighted by Crippen LogP contribution is 2.58. The van der Waals surface area contributed by atoms with Crippen LogP contribution in [0.1, 0.15) is 22.7 Å². The van der Waals surface area contributed by atoms with Crippen LogP contribution >= 0.6 is 0 Å². The van der Waals surface area contributed by atoms with Crippen molar-refractivity contribution in [2.75, 3.05) is 23.3 Å². The Balaban J connectivity index is 1.07. The van der Waals surface area contributed by atoms with E-state index in [4.69, 9.17) is 9.68 Å². The summed E-state index contributed by atoms with van der Waals surface area (Å²) in [6.07, 6.45) is 5.11. The van der Waals surface area contributed by atoms with E-state index in [0.717, 1.165) is 24.3 Å². The Morgan fingerprint density at radius 3 is 2.75 bits per heavy atom. The van der Waals surface area contributed by atoms with Crippen molar-refractivity contribution in [2.45, 2.75) is 12.5 Å². The third kappa shape index (κ3) is 3.31. The Kier molecular flexibility index (Phi) is 4.28. The lowest BCUT2D eigenvalue weighted by atomic mass is 10.1. The Morgan fingerprint density at radius 1 is 1.16 bits per heavy atom. The minimum atomic E-state index is 0.391. The molecule has 0 amide bonds. The summed E-state index contributed by atoms with van der Waals surface area (Å²) in [5.41, 5.74) is 3.30. The molecule has 1 saturated heterocycles. The topological polar surface area (TPSA) is 145 Å². The minimum absolute atomic E-state index is 0.391. The second-order valence-corrected chi connectivity index (χ2v) is 8.00. The van der Waals surface area contributed by atoms with E-state index in [1.54, 1.807) is 24.7 Å². The number of aromatic nitrogens is 7. The van der Waals surface area contributed by atoms with Crippen molar-refractivity contribution in [3.8, 4) is 17.5 Å². The van der Waals surface area contributed by atoms with Crippen LogP contribution in [0.15, 0.2) is 47.3 Å². The molecular weight excluding hydrogens is 408 g/mol. The zero-order valence-corrected chi connectivity index (χ0v) is 16.9. The summed E-state index contributed by atoms with van der Waals surface area (Å²) in [4.78, 5) is 10.8. The molecule has 4 aromatic rings. The summed E-state index contributed by atoms with van der Waals surface area (Å²) in [5, 5.41) is 31.3. The van der Waals surface area contributed by atoms with E-state index in [9.17, 15) is 0 Å². The summed E-state index contributed by atoms with van der Waals surface area (Å²) < 4.78 is 5.88. The first-order valence-corrected chi connectivity index (χ1v) is 10.3. The lowest BCUT2D eigenvalue weighted by Crippen LogP contribution is -2.23. The van der Waals surface area contributed by atoms with Crippen LogP contribution in [-0.2, 0) is 6.54 Å². The average Bonchev–Trinajstić information content (AvgIpc) is 3.38.